The van der Waals surface area contributed by atoms with Crippen LogP contribution < -0.4 is 5.32 Å². The fourth-order valence-electron chi connectivity index (χ4n) is 1.58. The maximum Gasteiger partial charge on any atom is 0.224 e. The Kier molecular flexibility index (Phi) is 6.60. The Balaban J connectivity index is 2.53. The lowest BCUT2D eigenvalue weighted by molar-refractivity contribution is -0.116. The Morgan fingerprint density at radius 3 is 2.94 bits per heavy atom. The number of benzene rings is 1. The molecule has 0 spiro atoms. The summed E-state index contributed by atoms with van der Waals surface area (Å²) < 4.78 is 0. The van der Waals surface area contributed by atoms with Crippen molar-refractivity contribution >= 4 is 11.6 Å². The molecule has 0 aliphatic carbocycles. The van der Waals surface area contributed by atoms with Crippen molar-refractivity contribution < 1.29 is 9.90 Å². The van der Waals surface area contributed by atoms with Crippen LogP contribution in [0, 0.1) is 11.8 Å². The van der Waals surface area contributed by atoms with Crippen molar-refractivity contribution in [2.45, 2.75) is 32.6 Å². The number of anilines is 1. The molecule has 0 heterocycles. The summed E-state index contributed by atoms with van der Waals surface area (Å²) in [5.41, 5.74) is 1.54. The summed E-state index contributed by atoms with van der Waals surface area (Å²) in [6.07, 6.45) is 3.67. The zero-order chi connectivity index (χ0) is 13.2. The number of carbonyl (C=O) groups is 1. The molecule has 0 atom stereocenters. The minimum Gasteiger partial charge on any atom is -0.384 e. The SMILES string of the molecule is CCCCCC(=O)Nc1cccc(C#CCO)c1. The van der Waals surface area contributed by atoms with E-state index in [-0.39, 0.29) is 12.5 Å². The third kappa shape index (κ3) is 5.51. The van der Waals surface area contributed by atoms with E-state index in [2.05, 4.69) is 24.1 Å². The third-order valence-corrected chi connectivity index (χ3v) is 2.47. The van der Waals surface area contributed by atoms with Crippen LogP contribution in [0.5, 0.6) is 0 Å². The Bertz CT molecular complexity index is 443. The molecule has 3 nitrogen and oxygen atoms in total. The Morgan fingerprint density at radius 2 is 2.22 bits per heavy atom. The van der Waals surface area contributed by atoms with Gasteiger partial charge in [-0.2, -0.15) is 0 Å². The molecule has 0 unspecified atom stereocenters. The van der Waals surface area contributed by atoms with E-state index >= 15 is 0 Å². The zero-order valence-corrected chi connectivity index (χ0v) is 10.7. The highest BCUT2D eigenvalue weighted by atomic mass is 16.2. The molecule has 1 aromatic rings. The van der Waals surface area contributed by atoms with E-state index < -0.39 is 0 Å². The van der Waals surface area contributed by atoms with Crippen molar-refractivity contribution in [3.63, 3.8) is 0 Å². The standard InChI is InChI=1S/C15H19NO2/c1-2-3-4-10-15(18)16-14-9-5-7-13(12-14)8-6-11-17/h5,7,9,12,17H,2-4,10-11H2,1H3,(H,16,18). The quantitative estimate of drug-likeness (QED) is 0.618. The van der Waals surface area contributed by atoms with Gasteiger partial charge in [-0.25, -0.2) is 0 Å². The average Bonchev–Trinajstić information content (AvgIpc) is 2.37. The van der Waals surface area contributed by atoms with Gasteiger partial charge in [-0.1, -0.05) is 37.7 Å². The molecule has 18 heavy (non-hydrogen) atoms. The maximum absolute atomic E-state index is 11.6. The van der Waals surface area contributed by atoms with Crippen molar-refractivity contribution in [1.82, 2.24) is 0 Å². The fraction of sp³-hybridized carbons (Fsp3) is 0.400. The smallest absolute Gasteiger partial charge is 0.224 e. The molecule has 0 radical (unpaired) electrons. The number of hydrogen-bond acceptors (Lipinski definition) is 2. The molecule has 0 saturated heterocycles. The second kappa shape index (κ2) is 8.32. The van der Waals surface area contributed by atoms with Gasteiger partial charge in [-0.3, -0.25) is 4.79 Å². The number of aliphatic hydroxyl groups is 1. The lowest BCUT2D eigenvalue weighted by atomic mass is 10.2. The van der Waals surface area contributed by atoms with Crippen LogP contribution in [-0.4, -0.2) is 17.6 Å². The summed E-state index contributed by atoms with van der Waals surface area (Å²) in [4.78, 5) is 11.6. The van der Waals surface area contributed by atoms with Gasteiger partial charge in [-0.05, 0) is 24.6 Å². The topological polar surface area (TPSA) is 49.3 Å². The van der Waals surface area contributed by atoms with Crippen LogP contribution in [0.15, 0.2) is 24.3 Å². The molecule has 0 aliphatic rings. The predicted molar refractivity (Wildman–Crippen MR) is 73.2 cm³/mol. The van der Waals surface area contributed by atoms with Gasteiger partial charge in [0.25, 0.3) is 0 Å². The first-order valence-corrected chi connectivity index (χ1v) is 6.26. The summed E-state index contributed by atoms with van der Waals surface area (Å²) in [5, 5.41) is 11.5. The monoisotopic (exact) mass is 245 g/mol. The van der Waals surface area contributed by atoms with E-state index in [1.807, 2.05) is 18.2 Å². The van der Waals surface area contributed by atoms with Gasteiger partial charge in [0.2, 0.25) is 5.91 Å². The van der Waals surface area contributed by atoms with Gasteiger partial charge < -0.3 is 10.4 Å². The molecule has 0 bridgehead atoms. The molecule has 1 amide bonds. The van der Waals surface area contributed by atoms with Crippen LogP contribution in [0.2, 0.25) is 0 Å². The number of hydrogen-bond donors (Lipinski definition) is 2. The molecule has 96 valence electrons. The largest absolute Gasteiger partial charge is 0.384 e. The normalized spacial score (nSPS) is 9.44. The molecule has 1 rings (SSSR count). The molecule has 0 saturated carbocycles. The van der Waals surface area contributed by atoms with Gasteiger partial charge in [-0.15, -0.1) is 0 Å². The van der Waals surface area contributed by atoms with Crippen molar-refractivity contribution in [2.24, 2.45) is 0 Å². The molecular formula is C15H19NO2. The van der Waals surface area contributed by atoms with Crippen LogP contribution in [-0.2, 0) is 4.79 Å². The van der Waals surface area contributed by atoms with Gasteiger partial charge in [0.05, 0.1) is 0 Å². The Morgan fingerprint density at radius 1 is 1.39 bits per heavy atom. The van der Waals surface area contributed by atoms with Crippen molar-refractivity contribution in [2.75, 3.05) is 11.9 Å². The van der Waals surface area contributed by atoms with E-state index in [0.29, 0.717) is 6.42 Å². The Labute approximate surface area is 108 Å². The summed E-state index contributed by atoms with van der Waals surface area (Å²) in [6, 6.07) is 7.32. The maximum atomic E-state index is 11.6. The highest BCUT2D eigenvalue weighted by Crippen LogP contribution is 2.11. The summed E-state index contributed by atoms with van der Waals surface area (Å²) in [6.45, 7) is 1.95. The number of unbranched alkanes of at least 4 members (excludes halogenated alkanes) is 2. The second-order valence-corrected chi connectivity index (χ2v) is 4.05. The average molecular weight is 245 g/mol. The van der Waals surface area contributed by atoms with Crippen LogP contribution in [0.3, 0.4) is 0 Å². The molecule has 0 aliphatic heterocycles. The van der Waals surface area contributed by atoms with E-state index in [1.54, 1.807) is 6.07 Å². The van der Waals surface area contributed by atoms with E-state index in [4.69, 9.17) is 5.11 Å². The summed E-state index contributed by atoms with van der Waals surface area (Å²) in [7, 11) is 0. The number of aliphatic hydroxyl groups excluding tert-OH is 1. The van der Waals surface area contributed by atoms with E-state index in [0.717, 1.165) is 30.5 Å². The van der Waals surface area contributed by atoms with Crippen molar-refractivity contribution in [3.8, 4) is 11.8 Å². The zero-order valence-electron chi connectivity index (χ0n) is 10.7. The molecule has 0 fully saturated rings. The second-order valence-electron chi connectivity index (χ2n) is 4.05. The van der Waals surface area contributed by atoms with Crippen LogP contribution in [0.1, 0.15) is 38.2 Å². The first-order chi connectivity index (χ1) is 8.76. The summed E-state index contributed by atoms with van der Waals surface area (Å²) >= 11 is 0. The summed E-state index contributed by atoms with van der Waals surface area (Å²) in [5.74, 6) is 5.43. The molecular weight excluding hydrogens is 226 g/mol. The van der Waals surface area contributed by atoms with Crippen molar-refractivity contribution in [1.29, 1.82) is 0 Å². The van der Waals surface area contributed by atoms with Crippen LogP contribution >= 0.6 is 0 Å². The first-order valence-electron chi connectivity index (χ1n) is 6.26. The van der Waals surface area contributed by atoms with Gasteiger partial charge in [0.15, 0.2) is 0 Å². The van der Waals surface area contributed by atoms with Gasteiger partial charge in [0, 0.05) is 17.7 Å². The van der Waals surface area contributed by atoms with Crippen molar-refractivity contribution in [3.05, 3.63) is 29.8 Å². The molecule has 0 aromatic heterocycles. The Hall–Kier alpha value is -1.79. The minimum absolute atomic E-state index is 0.0377. The number of rotatable bonds is 5. The van der Waals surface area contributed by atoms with E-state index in [9.17, 15) is 4.79 Å². The van der Waals surface area contributed by atoms with Gasteiger partial charge in [0.1, 0.15) is 6.61 Å². The van der Waals surface area contributed by atoms with Crippen LogP contribution in [0.25, 0.3) is 0 Å². The number of amides is 1. The highest BCUT2D eigenvalue weighted by molar-refractivity contribution is 5.90. The highest BCUT2D eigenvalue weighted by Gasteiger charge is 2.01. The molecule has 2 N–H and O–H groups in total. The number of carbonyl (C=O) groups excluding carboxylic acids is 1. The minimum atomic E-state index is -0.159. The lowest BCUT2D eigenvalue weighted by Crippen LogP contribution is -2.10. The molecule has 3 heteroatoms. The van der Waals surface area contributed by atoms with Gasteiger partial charge >= 0.3 is 0 Å². The van der Waals surface area contributed by atoms with E-state index in [1.165, 1.54) is 0 Å². The fourth-order valence-corrected chi connectivity index (χ4v) is 1.58. The number of nitrogens with one attached hydrogen (secondary N) is 1. The third-order valence-electron chi connectivity index (χ3n) is 2.47. The lowest BCUT2D eigenvalue weighted by Gasteiger charge is -2.05. The first kappa shape index (κ1) is 14.3. The van der Waals surface area contributed by atoms with Crippen LogP contribution in [0.4, 0.5) is 5.69 Å². The predicted octanol–water partition coefficient (Wildman–Crippen LogP) is 2.55. The molecule has 1 aromatic carbocycles.